The van der Waals surface area contributed by atoms with Gasteiger partial charge in [-0.05, 0) is 31.2 Å². The molecule has 3 amide bonds. The number of thioether (sulfide) groups is 1. The van der Waals surface area contributed by atoms with E-state index in [1.807, 2.05) is 25.1 Å². The number of rotatable bonds is 4. The summed E-state index contributed by atoms with van der Waals surface area (Å²) in [5, 5.41) is 2.91. The van der Waals surface area contributed by atoms with Crippen molar-refractivity contribution in [3.8, 4) is 5.75 Å². The first-order valence-electron chi connectivity index (χ1n) is 11.0. The lowest BCUT2D eigenvalue weighted by Crippen LogP contribution is -2.51. The number of carbonyl (C=O) groups is 2. The topological polar surface area (TPSA) is 61.9 Å². The van der Waals surface area contributed by atoms with Crippen molar-refractivity contribution < 1.29 is 18.7 Å². The monoisotopic (exact) mass is 477 g/mol. The molecule has 5 rings (SSSR count). The van der Waals surface area contributed by atoms with Gasteiger partial charge in [0.1, 0.15) is 11.6 Å². The molecule has 2 heterocycles. The minimum absolute atomic E-state index is 0.0925. The molecule has 2 aliphatic heterocycles. The average Bonchev–Trinajstić information content (AvgIpc) is 3.38. The second-order valence-electron chi connectivity index (χ2n) is 8.31. The maximum Gasteiger partial charge on any atom is 0.323 e. The third-order valence-electron chi connectivity index (χ3n) is 6.20. The summed E-state index contributed by atoms with van der Waals surface area (Å²) in [6.45, 7) is 2.46. The van der Waals surface area contributed by atoms with Gasteiger partial charge in [-0.15, -0.1) is 11.8 Å². The maximum absolute atomic E-state index is 14.5. The van der Waals surface area contributed by atoms with Crippen molar-refractivity contribution in [1.82, 2.24) is 4.90 Å². The largest absolute Gasteiger partial charge is 0.497 e. The van der Waals surface area contributed by atoms with Crippen molar-refractivity contribution >= 4 is 35.1 Å². The summed E-state index contributed by atoms with van der Waals surface area (Å²) >= 11 is 1.44. The van der Waals surface area contributed by atoms with Gasteiger partial charge in [-0.1, -0.05) is 42.0 Å². The highest BCUT2D eigenvalue weighted by molar-refractivity contribution is 8.01. The number of halogens is 1. The molecule has 3 aromatic carbocycles. The molecule has 1 N–H and O–H groups in total. The van der Waals surface area contributed by atoms with E-state index in [4.69, 9.17) is 4.74 Å². The van der Waals surface area contributed by atoms with Crippen molar-refractivity contribution in [3.05, 3.63) is 89.2 Å². The fourth-order valence-corrected chi connectivity index (χ4v) is 6.03. The smallest absolute Gasteiger partial charge is 0.323 e. The van der Waals surface area contributed by atoms with Gasteiger partial charge in [0.15, 0.2) is 4.87 Å². The first kappa shape index (κ1) is 22.3. The van der Waals surface area contributed by atoms with E-state index in [-0.39, 0.29) is 24.3 Å². The van der Waals surface area contributed by atoms with Crippen LogP contribution < -0.4 is 15.0 Å². The molecule has 0 radical (unpaired) electrons. The number of carbonyl (C=O) groups excluding carboxylic acids is 2. The standard InChI is InChI=1S/C26H24FN3O3S/c1-17-10-11-23-21(14-17)26(24(31)29(23)16-18-6-3-4-9-22(18)27)30(12-13-34-26)25(32)28-19-7-5-8-20(15-19)33-2/h3-11,14-15H,12-13,16H2,1-2H3,(H,28,32). The highest BCUT2D eigenvalue weighted by Gasteiger charge is 2.59. The van der Waals surface area contributed by atoms with E-state index >= 15 is 0 Å². The maximum atomic E-state index is 14.5. The zero-order chi connectivity index (χ0) is 23.9. The van der Waals surface area contributed by atoms with Gasteiger partial charge in [-0.3, -0.25) is 9.69 Å². The van der Waals surface area contributed by atoms with Crippen molar-refractivity contribution in [3.63, 3.8) is 0 Å². The Balaban J connectivity index is 1.53. The Bertz CT molecular complexity index is 1280. The van der Waals surface area contributed by atoms with Crippen LogP contribution in [0.25, 0.3) is 0 Å². The van der Waals surface area contributed by atoms with Crippen LogP contribution in [0, 0.1) is 12.7 Å². The number of aryl methyl sites for hydroxylation is 1. The van der Waals surface area contributed by atoms with Crippen LogP contribution in [0.3, 0.4) is 0 Å². The molecule has 34 heavy (non-hydrogen) atoms. The van der Waals surface area contributed by atoms with Gasteiger partial charge >= 0.3 is 6.03 Å². The van der Waals surface area contributed by atoms with Crippen LogP contribution in [-0.2, 0) is 16.2 Å². The van der Waals surface area contributed by atoms with Crippen LogP contribution in [-0.4, -0.2) is 36.2 Å². The Labute approximate surface area is 201 Å². The molecule has 2 aliphatic rings. The number of nitrogens with zero attached hydrogens (tertiary/aromatic N) is 2. The zero-order valence-electron chi connectivity index (χ0n) is 18.9. The van der Waals surface area contributed by atoms with Crippen LogP contribution in [0.4, 0.5) is 20.6 Å². The number of fused-ring (bicyclic) bond motifs is 2. The van der Waals surface area contributed by atoms with Crippen molar-refractivity contribution in [2.75, 3.05) is 29.6 Å². The van der Waals surface area contributed by atoms with Crippen LogP contribution >= 0.6 is 11.8 Å². The van der Waals surface area contributed by atoms with Crippen LogP contribution in [0.5, 0.6) is 5.75 Å². The SMILES string of the molecule is COc1cccc(NC(=O)N2CCSC23C(=O)N(Cc2ccccc2F)c2ccc(C)cc23)c1. The minimum atomic E-state index is -1.20. The van der Waals surface area contributed by atoms with E-state index in [1.165, 1.54) is 17.8 Å². The highest BCUT2D eigenvalue weighted by Crippen LogP contribution is 2.54. The summed E-state index contributed by atoms with van der Waals surface area (Å²) in [4.78, 5) is 29.5. The Hall–Kier alpha value is -3.52. The predicted molar refractivity (Wildman–Crippen MR) is 132 cm³/mol. The Morgan fingerprint density at radius 3 is 2.76 bits per heavy atom. The molecule has 1 fully saturated rings. The van der Waals surface area contributed by atoms with Crippen molar-refractivity contribution in [2.24, 2.45) is 0 Å². The highest BCUT2D eigenvalue weighted by atomic mass is 32.2. The molecular weight excluding hydrogens is 453 g/mol. The van der Waals surface area contributed by atoms with Gasteiger partial charge < -0.3 is 15.0 Å². The number of urea groups is 1. The second-order valence-corrected chi connectivity index (χ2v) is 9.60. The first-order chi connectivity index (χ1) is 16.4. The van der Waals surface area contributed by atoms with E-state index in [0.29, 0.717) is 35.0 Å². The van der Waals surface area contributed by atoms with Crippen molar-refractivity contribution in [2.45, 2.75) is 18.3 Å². The molecule has 1 unspecified atom stereocenters. The molecule has 8 heteroatoms. The molecule has 174 valence electrons. The molecular formula is C26H24FN3O3S. The van der Waals surface area contributed by atoms with Crippen LogP contribution in [0.1, 0.15) is 16.7 Å². The number of hydrogen-bond donors (Lipinski definition) is 1. The summed E-state index contributed by atoms with van der Waals surface area (Å²) in [5.41, 5.74) is 3.45. The van der Waals surface area contributed by atoms with Crippen LogP contribution in [0.15, 0.2) is 66.7 Å². The molecule has 6 nitrogen and oxygen atoms in total. The summed E-state index contributed by atoms with van der Waals surface area (Å²) in [6, 6.07) is 18.9. The van der Waals surface area contributed by atoms with E-state index in [2.05, 4.69) is 5.32 Å². The Morgan fingerprint density at radius 1 is 1.15 bits per heavy atom. The summed E-state index contributed by atoms with van der Waals surface area (Å²) < 4.78 is 19.7. The average molecular weight is 478 g/mol. The predicted octanol–water partition coefficient (Wildman–Crippen LogP) is 5.12. The van der Waals surface area contributed by atoms with E-state index in [1.54, 1.807) is 59.4 Å². The number of ether oxygens (including phenoxy) is 1. The minimum Gasteiger partial charge on any atom is -0.497 e. The summed E-state index contributed by atoms with van der Waals surface area (Å²) in [7, 11) is 1.56. The number of nitrogens with one attached hydrogen (secondary N) is 1. The molecule has 0 aliphatic carbocycles. The van der Waals surface area contributed by atoms with Gasteiger partial charge in [-0.25, -0.2) is 9.18 Å². The van der Waals surface area contributed by atoms with Gasteiger partial charge in [0.2, 0.25) is 0 Å². The summed E-state index contributed by atoms with van der Waals surface area (Å²) in [5.74, 6) is 0.631. The summed E-state index contributed by atoms with van der Waals surface area (Å²) in [6.07, 6.45) is 0. The molecule has 3 aromatic rings. The molecule has 1 spiro atoms. The second kappa shape index (κ2) is 8.68. The zero-order valence-corrected chi connectivity index (χ0v) is 19.7. The van der Waals surface area contributed by atoms with Gasteiger partial charge in [0, 0.05) is 35.2 Å². The lowest BCUT2D eigenvalue weighted by Gasteiger charge is -2.33. The Kier molecular flexibility index (Phi) is 5.69. The third kappa shape index (κ3) is 3.58. The number of benzene rings is 3. The normalized spacial score (nSPS) is 19.0. The number of hydrogen-bond acceptors (Lipinski definition) is 4. The number of anilines is 2. The molecule has 0 bridgehead atoms. The molecule has 0 aromatic heterocycles. The molecule has 1 atom stereocenters. The lowest BCUT2D eigenvalue weighted by atomic mass is 10.0. The van der Waals surface area contributed by atoms with Crippen LogP contribution in [0.2, 0.25) is 0 Å². The fourth-order valence-electron chi connectivity index (χ4n) is 4.57. The van der Waals surface area contributed by atoms with E-state index in [9.17, 15) is 14.0 Å². The number of methoxy groups -OCH3 is 1. The van der Waals surface area contributed by atoms with Gasteiger partial charge in [-0.2, -0.15) is 0 Å². The number of amides is 3. The third-order valence-corrected chi connectivity index (χ3v) is 7.62. The molecule has 0 saturated carbocycles. The lowest BCUT2D eigenvalue weighted by molar-refractivity contribution is -0.123. The van der Waals surface area contributed by atoms with Crippen molar-refractivity contribution in [1.29, 1.82) is 0 Å². The van der Waals surface area contributed by atoms with Gasteiger partial charge in [0.25, 0.3) is 5.91 Å². The molecule has 1 saturated heterocycles. The van der Waals surface area contributed by atoms with Gasteiger partial charge in [0.05, 0.1) is 19.3 Å². The quantitative estimate of drug-likeness (QED) is 0.566. The first-order valence-corrected chi connectivity index (χ1v) is 12.0. The fraction of sp³-hybridized carbons (Fsp3) is 0.231. The Morgan fingerprint density at radius 2 is 1.97 bits per heavy atom. The van der Waals surface area contributed by atoms with E-state index in [0.717, 1.165) is 11.1 Å². The van der Waals surface area contributed by atoms with E-state index < -0.39 is 4.87 Å².